The second-order valence-electron chi connectivity index (χ2n) is 7.60. The molecule has 32 heavy (non-hydrogen) atoms. The van der Waals surface area contributed by atoms with Gasteiger partial charge in [-0.15, -0.1) is 0 Å². The Kier molecular flexibility index (Phi) is 7.01. The zero-order valence-corrected chi connectivity index (χ0v) is 18.1. The van der Waals surface area contributed by atoms with Gasteiger partial charge in [-0.05, 0) is 24.1 Å². The van der Waals surface area contributed by atoms with Gasteiger partial charge in [0, 0.05) is 11.1 Å². The number of fused-ring (bicyclic) bond motifs is 1. The van der Waals surface area contributed by atoms with Crippen molar-refractivity contribution in [3.8, 4) is 0 Å². The molecule has 170 valence electrons. The van der Waals surface area contributed by atoms with Crippen molar-refractivity contribution in [3.05, 3.63) is 65.2 Å². The molecule has 5 nitrogen and oxygen atoms in total. The molecule has 0 bridgehead atoms. The molecule has 2 aromatic rings. The fourth-order valence-electron chi connectivity index (χ4n) is 3.90. The highest BCUT2D eigenvalue weighted by Gasteiger charge is 2.38. The number of halogens is 3. The zero-order chi connectivity index (χ0) is 23.5. The lowest BCUT2D eigenvalue weighted by molar-refractivity contribution is -0.140. The van der Waals surface area contributed by atoms with Crippen molar-refractivity contribution in [3.63, 3.8) is 0 Å². The van der Waals surface area contributed by atoms with Crippen LogP contribution in [0.15, 0.2) is 53.5 Å². The standard InChI is InChI=1S/C24H25F3N2O3/c1-4-15(5-2)22-23(31)29(14-20(30)32-3)19-12-11-17(24(25,26)27)13-18(19)21(28-22)16-9-7-6-8-10-16/h6-13,15,22H,4-5,14H2,1-3H3. The van der Waals surface area contributed by atoms with Gasteiger partial charge in [-0.3, -0.25) is 19.5 Å². The monoisotopic (exact) mass is 446 g/mol. The average Bonchev–Trinajstić information content (AvgIpc) is 2.90. The van der Waals surface area contributed by atoms with Gasteiger partial charge in [0.1, 0.15) is 12.6 Å². The predicted molar refractivity (Wildman–Crippen MR) is 116 cm³/mol. The summed E-state index contributed by atoms with van der Waals surface area (Å²) in [4.78, 5) is 31.6. The summed E-state index contributed by atoms with van der Waals surface area (Å²) in [6.07, 6.45) is -3.28. The Morgan fingerprint density at radius 3 is 2.34 bits per heavy atom. The minimum absolute atomic E-state index is 0.141. The number of benzene rings is 2. The highest BCUT2D eigenvalue weighted by Crippen LogP contribution is 2.37. The number of anilines is 1. The van der Waals surface area contributed by atoms with Crippen molar-refractivity contribution in [1.29, 1.82) is 0 Å². The smallest absolute Gasteiger partial charge is 0.416 e. The maximum atomic E-state index is 13.6. The molecule has 1 heterocycles. The molecule has 0 N–H and O–H groups in total. The summed E-state index contributed by atoms with van der Waals surface area (Å²) in [6, 6.07) is 11.1. The number of carbonyl (C=O) groups is 2. The van der Waals surface area contributed by atoms with E-state index >= 15 is 0 Å². The molecule has 8 heteroatoms. The predicted octanol–water partition coefficient (Wildman–Crippen LogP) is 4.87. The van der Waals surface area contributed by atoms with E-state index in [2.05, 4.69) is 0 Å². The van der Waals surface area contributed by atoms with Crippen LogP contribution in [0.25, 0.3) is 0 Å². The average molecular weight is 446 g/mol. The summed E-state index contributed by atoms with van der Waals surface area (Å²) in [5.41, 5.74) is 0.383. The van der Waals surface area contributed by atoms with Crippen LogP contribution in [0.5, 0.6) is 0 Å². The van der Waals surface area contributed by atoms with Crippen molar-refractivity contribution in [2.24, 2.45) is 10.9 Å². The first-order valence-electron chi connectivity index (χ1n) is 10.4. The second-order valence-corrected chi connectivity index (χ2v) is 7.60. The number of methoxy groups -OCH3 is 1. The van der Waals surface area contributed by atoms with Crippen molar-refractivity contribution in [2.75, 3.05) is 18.6 Å². The number of hydrogen-bond donors (Lipinski definition) is 0. The van der Waals surface area contributed by atoms with E-state index in [1.807, 2.05) is 13.8 Å². The van der Waals surface area contributed by atoms with E-state index < -0.39 is 36.2 Å². The Morgan fingerprint density at radius 1 is 1.12 bits per heavy atom. The molecule has 1 aliphatic rings. The van der Waals surface area contributed by atoms with Gasteiger partial charge < -0.3 is 4.74 Å². The van der Waals surface area contributed by atoms with Gasteiger partial charge in [0.25, 0.3) is 5.91 Å². The summed E-state index contributed by atoms with van der Waals surface area (Å²) in [5.74, 6) is -1.25. The first-order valence-corrected chi connectivity index (χ1v) is 10.4. The minimum atomic E-state index is -4.57. The van der Waals surface area contributed by atoms with Crippen molar-refractivity contribution < 1.29 is 27.5 Å². The number of esters is 1. The third-order valence-electron chi connectivity index (χ3n) is 5.71. The molecule has 0 radical (unpaired) electrons. The molecule has 0 fully saturated rings. The van der Waals surface area contributed by atoms with Crippen LogP contribution in [0, 0.1) is 5.92 Å². The topological polar surface area (TPSA) is 59.0 Å². The van der Waals surface area contributed by atoms with Crippen molar-refractivity contribution >= 4 is 23.3 Å². The van der Waals surface area contributed by atoms with E-state index in [1.165, 1.54) is 18.1 Å². The fourth-order valence-corrected chi connectivity index (χ4v) is 3.90. The SMILES string of the molecule is CCC(CC)C1N=C(c2ccccc2)c2cc(C(F)(F)F)ccc2N(CC(=O)OC)C1=O. The van der Waals surface area contributed by atoms with E-state index in [0.29, 0.717) is 24.1 Å². The molecule has 0 spiro atoms. The third kappa shape index (κ3) is 4.69. The molecule has 0 saturated heterocycles. The number of hydrogen-bond acceptors (Lipinski definition) is 4. The van der Waals surface area contributed by atoms with Gasteiger partial charge >= 0.3 is 12.1 Å². The van der Waals surface area contributed by atoms with Gasteiger partial charge in [-0.1, -0.05) is 57.0 Å². The second kappa shape index (κ2) is 9.54. The molecule has 0 aliphatic carbocycles. The molecular formula is C24H25F3N2O3. The fraction of sp³-hybridized carbons (Fsp3) is 0.375. The number of ether oxygens (including phenoxy) is 1. The molecule has 3 rings (SSSR count). The lowest BCUT2D eigenvalue weighted by Crippen LogP contribution is -2.44. The Bertz CT molecular complexity index is 1010. The molecule has 1 atom stereocenters. The van der Waals surface area contributed by atoms with E-state index in [-0.39, 0.29) is 17.2 Å². The number of rotatable bonds is 6. The number of alkyl halides is 3. The summed E-state index contributed by atoms with van der Waals surface area (Å²) in [6.45, 7) is 3.45. The van der Waals surface area contributed by atoms with Crippen LogP contribution in [0.1, 0.15) is 43.4 Å². The largest absolute Gasteiger partial charge is 0.468 e. The van der Waals surface area contributed by atoms with Crippen LogP contribution in [-0.2, 0) is 20.5 Å². The number of nitrogens with zero attached hydrogens (tertiary/aromatic N) is 2. The van der Waals surface area contributed by atoms with E-state index in [1.54, 1.807) is 30.3 Å². The van der Waals surface area contributed by atoms with Gasteiger partial charge in [-0.2, -0.15) is 13.2 Å². The van der Waals surface area contributed by atoms with Gasteiger partial charge in [-0.25, -0.2) is 0 Å². The number of carbonyl (C=O) groups excluding carboxylic acids is 2. The number of benzodiazepines with no additional fused rings is 1. The lowest BCUT2D eigenvalue weighted by Gasteiger charge is -2.27. The van der Waals surface area contributed by atoms with Crippen LogP contribution < -0.4 is 4.90 Å². The summed E-state index contributed by atoms with van der Waals surface area (Å²) in [5, 5.41) is 0. The molecular weight excluding hydrogens is 421 g/mol. The zero-order valence-electron chi connectivity index (χ0n) is 18.1. The summed E-state index contributed by atoms with van der Waals surface area (Å²) >= 11 is 0. The Labute approximate surface area is 184 Å². The molecule has 1 aliphatic heterocycles. The quantitative estimate of drug-likeness (QED) is 0.595. The molecule has 2 aromatic carbocycles. The van der Waals surface area contributed by atoms with Crippen LogP contribution in [0.2, 0.25) is 0 Å². The van der Waals surface area contributed by atoms with Crippen LogP contribution in [-0.4, -0.2) is 37.3 Å². The number of aliphatic imine (C=N–C) groups is 1. The van der Waals surface area contributed by atoms with E-state index in [9.17, 15) is 22.8 Å². The Morgan fingerprint density at radius 2 is 1.78 bits per heavy atom. The molecule has 0 aromatic heterocycles. The molecule has 1 amide bonds. The van der Waals surface area contributed by atoms with Gasteiger partial charge in [0.05, 0.1) is 24.1 Å². The maximum Gasteiger partial charge on any atom is 0.416 e. The first kappa shape index (κ1) is 23.5. The first-order chi connectivity index (χ1) is 15.2. The third-order valence-corrected chi connectivity index (χ3v) is 5.71. The Balaban J connectivity index is 2.32. The molecule has 0 saturated carbocycles. The van der Waals surface area contributed by atoms with Crippen LogP contribution in [0.4, 0.5) is 18.9 Å². The lowest BCUT2D eigenvalue weighted by atomic mass is 9.93. The normalized spacial score (nSPS) is 16.5. The highest BCUT2D eigenvalue weighted by atomic mass is 19.4. The van der Waals surface area contributed by atoms with E-state index in [0.717, 1.165) is 12.1 Å². The Hall–Kier alpha value is -3.16. The summed E-state index contributed by atoms with van der Waals surface area (Å²) in [7, 11) is 1.20. The molecule has 1 unspecified atom stereocenters. The van der Waals surface area contributed by atoms with E-state index in [4.69, 9.17) is 9.73 Å². The van der Waals surface area contributed by atoms with Crippen molar-refractivity contribution in [2.45, 2.75) is 38.9 Å². The highest BCUT2D eigenvalue weighted by molar-refractivity contribution is 6.20. The minimum Gasteiger partial charge on any atom is -0.468 e. The summed E-state index contributed by atoms with van der Waals surface area (Å²) < 4.78 is 45.4. The number of amides is 1. The van der Waals surface area contributed by atoms with Crippen LogP contribution >= 0.6 is 0 Å². The van der Waals surface area contributed by atoms with Gasteiger partial charge in [0.2, 0.25) is 0 Å². The van der Waals surface area contributed by atoms with Crippen LogP contribution in [0.3, 0.4) is 0 Å². The van der Waals surface area contributed by atoms with Crippen molar-refractivity contribution in [1.82, 2.24) is 0 Å². The van der Waals surface area contributed by atoms with Gasteiger partial charge in [0.15, 0.2) is 0 Å². The maximum absolute atomic E-state index is 13.6.